The number of hydrogen-bond donors (Lipinski definition) is 0. The minimum Gasteiger partial charge on any atom is -0.404 e. The van der Waals surface area contributed by atoms with Gasteiger partial charge in [0.1, 0.15) is 10.2 Å². The maximum atomic E-state index is 12.3. The summed E-state index contributed by atoms with van der Waals surface area (Å²) in [5, 5.41) is 0.705. The van der Waals surface area contributed by atoms with Crippen LogP contribution in [0.25, 0.3) is 22.4 Å². The zero-order valence-corrected chi connectivity index (χ0v) is 12.9. The van der Waals surface area contributed by atoms with E-state index in [-0.39, 0.29) is 5.63 Å². The lowest BCUT2D eigenvalue weighted by Crippen LogP contribution is -2.06. The molecule has 22 heavy (non-hydrogen) atoms. The normalized spacial score (nSPS) is 14.5. The monoisotopic (exact) mass is 309 g/mol. The predicted octanol–water partition coefficient (Wildman–Crippen LogP) is 4.30. The lowest BCUT2D eigenvalue weighted by atomic mass is 9.97. The zero-order chi connectivity index (χ0) is 14.9. The second-order valence-electron chi connectivity index (χ2n) is 5.47. The van der Waals surface area contributed by atoms with Crippen molar-refractivity contribution in [3.8, 4) is 0 Å². The van der Waals surface area contributed by atoms with Crippen LogP contribution in [-0.2, 0) is 12.8 Å². The summed E-state index contributed by atoms with van der Waals surface area (Å²) < 4.78 is 5.39. The van der Waals surface area contributed by atoms with E-state index in [1.807, 2.05) is 36.4 Å². The Bertz CT molecular complexity index is 906. The van der Waals surface area contributed by atoms with Crippen LogP contribution in [0.5, 0.6) is 0 Å². The SMILES string of the molecule is O=c1oc(C=Cc2ccccc2)nc2sc3c(c12)CCCC3. The highest BCUT2D eigenvalue weighted by atomic mass is 32.1. The van der Waals surface area contributed by atoms with E-state index in [9.17, 15) is 4.79 Å². The first-order valence-electron chi connectivity index (χ1n) is 7.50. The van der Waals surface area contributed by atoms with Crippen LogP contribution in [0.2, 0.25) is 0 Å². The number of nitrogens with zero attached hydrogens (tertiary/aromatic N) is 1. The topological polar surface area (TPSA) is 43.1 Å². The molecule has 0 amide bonds. The van der Waals surface area contributed by atoms with Gasteiger partial charge in [-0.15, -0.1) is 11.3 Å². The molecule has 1 aromatic carbocycles. The summed E-state index contributed by atoms with van der Waals surface area (Å²) in [5.74, 6) is 0.375. The molecule has 4 heteroatoms. The van der Waals surface area contributed by atoms with Gasteiger partial charge in [-0.25, -0.2) is 9.78 Å². The Hall–Kier alpha value is -2.20. The molecule has 2 heterocycles. The Morgan fingerprint density at radius 2 is 1.91 bits per heavy atom. The van der Waals surface area contributed by atoms with E-state index in [4.69, 9.17) is 4.42 Å². The molecule has 0 bridgehead atoms. The van der Waals surface area contributed by atoms with Crippen molar-refractivity contribution in [2.24, 2.45) is 0 Å². The summed E-state index contributed by atoms with van der Waals surface area (Å²) >= 11 is 1.64. The van der Waals surface area contributed by atoms with Crippen LogP contribution in [-0.4, -0.2) is 4.98 Å². The number of aryl methyl sites for hydroxylation is 2. The van der Waals surface area contributed by atoms with Gasteiger partial charge in [-0.1, -0.05) is 30.3 Å². The van der Waals surface area contributed by atoms with Gasteiger partial charge in [0, 0.05) is 11.0 Å². The Labute approximate surface area is 131 Å². The van der Waals surface area contributed by atoms with Gasteiger partial charge in [-0.2, -0.15) is 0 Å². The third-order valence-electron chi connectivity index (χ3n) is 3.98. The van der Waals surface area contributed by atoms with E-state index in [2.05, 4.69) is 4.98 Å². The fraction of sp³-hybridized carbons (Fsp3) is 0.222. The molecule has 0 radical (unpaired) electrons. The zero-order valence-electron chi connectivity index (χ0n) is 12.0. The second-order valence-corrected chi connectivity index (χ2v) is 6.56. The van der Waals surface area contributed by atoms with E-state index in [0.717, 1.165) is 29.7 Å². The maximum absolute atomic E-state index is 12.3. The molecule has 1 aliphatic rings. The number of benzene rings is 1. The second kappa shape index (κ2) is 5.54. The molecular weight excluding hydrogens is 294 g/mol. The van der Waals surface area contributed by atoms with E-state index < -0.39 is 0 Å². The number of thiophene rings is 1. The summed E-state index contributed by atoms with van der Waals surface area (Å²) in [6, 6.07) is 9.91. The minimum absolute atomic E-state index is 0.253. The van der Waals surface area contributed by atoms with Crippen LogP contribution >= 0.6 is 11.3 Å². The standard InChI is InChI=1S/C18H15NO2S/c20-18-16-13-8-4-5-9-14(13)22-17(16)19-15(21-18)11-10-12-6-2-1-3-7-12/h1-3,6-7,10-11H,4-5,8-9H2. The number of aromatic nitrogens is 1. The molecule has 110 valence electrons. The summed E-state index contributed by atoms with van der Waals surface area (Å²) in [5.41, 5.74) is 1.97. The molecule has 0 aliphatic heterocycles. The molecule has 3 aromatic rings. The number of rotatable bonds is 2. The molecule has 0 spiro atoms. The van der Waals surface area contributed by atoms with E-state index in [1.54, 1.807) is 17.4 Å². The van der Waals surface area contributed by atoms with Gasteiger partial charge in [0.25, 0.3) is 0 Å². The first-order valence-corrected chi connectivity index (χ1v) is 8.31. The minimum atomic E-state index is -0.253. The molecule has 0 unspecified atom stereocenters. The van der Waals surface area contributed by atoms with Crippen LogP contribution in [0, 0.1) is 0 Å². The first kappa shape index (κ1) is 13.5. The Kier molecular flexibility index (Phi) is 3.39. The average molecular weight is 309 g/mol. The van der Waals surface area contributed by atoms with Gasteiger partial charge in [-0.3, -0.25) is 0 Å². The Morgan fingerprint density at radius 3 is 2.77 bits per heavy atom. The highest BCUT2D eigenvalue weighted by Gasteiger charge is 2.20. The molecule has 4 rings (SSSR count). The number of fused-ring (bicyclic) bond motifs is 3. The third-order valence-corrected chi connectivity index (χ3v) is 5.17. The van der Waals surface area contributed by atoms with Crippen LogP contribution in [0.3, 0.4) is 0 Å². The van der Waals surface area contributed by atoms with Crippen LogP contribution in [0.15, 0.2) is 39.5 Å². The van der Waals surface area contributed by atoms with E-state index >= 15 is 0 Å². The van der Waals surface area contributed by atoms with Crippen molar-refractivity contribution in [2.75, 3.05) is 0 Å². The molecule has 2 aromatic heterocycles. The highest BCUT2D eigenvalue weighted by molar-refractivity contribution is 7.18. The quantitative estimate of drug-likeness (QED) is 0.709. The van der Waals surface area contributed by atoms with Gasteiger partial charge < -0.3 is 4.42 Å². The molecule has 0 saturated heterocycles. The highest BCUT2D eigenvalue weighted by Crippen LogP contribution is 2.33. The fourth-order valence-corrected chi connectivity index (χ4v) is 4.16. The van der Waals surface area contributed by atoms with Crippen LogP contribution in [0.1, 0.15) is 34.7 Å². The van der Waals surface area contributed by atoms with Gasteiger partial charge >= 0.3 is 5.63 Å². The van der Waals surface area contributed by atoms with Crippen molar-refractivity contribution in [3.63, 3.8) is 0 Å². The van der Waals surface area contributed by atoms with Crippen LogP contribution in [0.4, 0.5) is 0 Å². The maximum Gasteiger partial charge on any atom is 0.348 e. The lowest BCUT2D eigenvalue weighted by Gasteiger charge is -2.09. The summed E-state index contributed by atoms with van der Waals surface area (Å²) in [6.07, 6.45) is 8.05. The number of hydrogen-bond acceptors (Lipinski definition) is 4. The van der Waals surface area contributed by atoms with Gasteiger partial charge in [0.2, 0.25) is 5.89 Å². The van der Waals surface area contributed by atoms with Crippen molar-refractivity contribution < 1.29 is 4.42 Å². The van der Waals surface area contributed by atoms with Gasteiger partial charge in [-0.05, 0) is 42.9 Å². The molecule has 0 fully saturated rings. The summed E-state index contributed by atoms with van der Waals surface area (Å²) in [4.78, 5) is 19.0. The Balaban J connectivity index is 1.77. The molecule has 1 aliphatic carbocycles. The van der Waals surface area contributed by atoms with Crippen molar-refractivity contribution in [2.45, 2.75) is 25.7 Å². The molecule has 0 atom stereocenters. The van der Waals surface area contributed by atoms with Crippen molar-refractivity contribution in [1.82, 2.24) is 4.98 Å². The fourth-order valence-electron chi connectivity index (χ4n) is 2.91. The first-order chi connectivity index (χ1) is 10.8. The summed E-state index contributed by atoms with van der Waals surface area (Å²) in [7, 11) is 0. The van der Waals surface area contributed by atoms with Gasteiger partial charge in [0.15, 0.2) is 0 Å². The van der Waals surface area contributed by atoms with Gasteiger partial charge in [0.05, 0.1) is 0 Å². The van der Waals surface area contributed by atoms with Crippen molar-refractivity contribution in [1.29, 1.82) is 0 Å². The van der Waals surface area contributed by atoms with Crippen molar-refractivity contribution in [3.05, 3.63) is 62.6 Å². The Morgan fingerprint density at radius 1 is 1.09 bits per heavy atom. The van der Waals surface area contributed by atoms with E-state index in [1.165, 1.54) is 16.9 Å². The predicted molar refractivity (Wildman–Crippen MR) is 90.2 cm³/mol. The molecular formula is C18H15NO2S. The van der Waals surface area contributed by atoms with Crippen LogP contribution < -0.4 is 5.63 Å². The average Bonchev–Trinajstić information content (AvgIpc) is 2.92. The third kappa shape index (κ3) is 2.40. The van der Waals surface area contributed by atoms with Crippen molar-refractivity contribution >= 4 is 33.7 Å². The largest absolute Gasteiger partial charge is 0.404 e. The molecule has 0 saturated carbocycles. The molecule has 0 N–H and O–H groups in total. The summed E-state index contributed by atoms with van der Waals surface area (Å²) in [6.45, 7) is 0. The molecule has 3 nitrogen and oxygen atoms in total. The van der Waals surface area contributed by atoms with E-state index in [0.29, 0.717) is 11.3 Å². The lowest BCUT2D eigenvalue weighted by molar-refractivity contribution is 0.490. The smallest absolute Gasteiger partial charge is 0.348 e.